The van der Waals surface area contributed by atoms with Crippen molar-refractivity contribution in [2.24, 2.45) is 0 Å². The van der Waals surface area contributed by atoms with Crippen LogP contribution >= 0.6 is 0 Å². The Morgan fingerprint density at radius 2 is 1.43 bits per heavy atom. The second-order valence-electron chi connectivity index (χ2n) is 4.93. The first-order chi connectivity index (χ1) is 10.0. The van der Waals surface area contributed by atoms with Crippen molar-refractivity contribution in [1.82, 2.24) is 0 Å². The molecule has 0 saturated carbocycles. The first-order valence-corrected chi connectivity index (χ1v) is 7.81. The number of benzene rings is 2. The second kappa shape index (κ2) is 10.9. The van der Waals surface area contributed by atoms with E-state index < -0.39 is 0 Å². The number of allylic oxidation sites excluding steroid dienone is 1. The maximum absolute atomic E-state index is 3.89. The van der Waals surface area contributed by atoms with Crippen molar-refractivity contribution < 1.29 is 0 Å². The lowest BCUT2D eigenvalue weighted by atomic mass is 10.0. The summed E-state index contributed by atoms with van der Waals surface area (Å²) in [6, 6.07) is 16.9. The highest BCUT2D eigenvalue weighted by atomic mass is 14.0. The zero-order valence-electron chi connectivity index (χ0n) is 14.5. The van der Waals surface area contributed by atoms with Gasteiger partial charge in [0.15, 0.2) is 0 Å². The summed E-state index contributed by atoms with van der Waals surface area (Å²) in [5, 5.41) is 0. The molecule has 0 aromatic heterocycles. The summed E-state index contributed by atoms with van der Waals surface area (Å²) in [4.78, 5) is 0. The zero-order chi connectivity index (χ0) is 16.3. The van der Waals surface area contributed by atoms with E-state index in [1.54, 1.807) is 0 Å². The number of hydrogen-bond acceptors (Lipinski definition) is 0. The molecule has 21 heavy (non-hydrogen) atoms. The molecule has 0 aliphatic rings. The molecule has 0 atom stereocenters. The van der Waals surface area contributed by atoms with Crippen molar-refractivity contribution in [3.63, 3.8) is 0 Å². The Morgan fingerprint density at radius 1 is 0.905 bits per heavy atom. The zero-order valence-corrected chi connectivity index (χ0v) is 14.5. The van der Waals surface area contributed by atoms with Gasteiger partial charge >= 0.3 is 0 Å². The fourth-order valence-corrected chi connectivity index (χ4v) is 1.88. The van der Waals surface area contributed by atoms with Gasteiger partial charge in [-0.15, -0.1) is 0 Å². The molecule has 0 spiro atoms. The lowest BCUT2D eigenvalue weighted by molar-refractivity contribution is 1.14. The summed E-state index contributed by atoms with van der Waals surface area (Å²) < 4.78 is 0. The van der Waals surface area contributed by atoms with E-state index in [0.29, 0.717) is 0 Å². The fourth-order valence-electron chi connectivity index (χ4n) is 1.88. The Labute approximate surface area is 131 Å². The van der Waals surface area contributed by atoms with Gasteiger partial charge in [-0.25, -0.2) is 0 Å². The van der Waals surface area contributed by atoms with Crippen molar-refractivity contribution in [1.29, 1.82) is 0 Å². The molecule has 2 aromatic rings. The van der Waals surface area contributed by atoms with Crippen LogP contribution in [-0.2, 0) is 6.42 Å². The van der Waals surface area contributed by atoms with Crippen LogP contribution in [0.1, 0.15) is 49.9 Å². The molecular formula is C21H30. The first-order valence-electron chi connectivity index (χ1n) is 7.81. The second-order valence-corrected chi connectivity index (χ2v) is 4.93. The van der Waals surface area contributed by atoms with Gasteiger partial charge in [0.25, 0.3) is 0 Å². The van der Waals surface area contributed by atoms with Crippen molar-refractivity contribution in [2.45, 2.75) is 48.0 Å². The monoisotopic (exact) mass is 282 g/mol. The van der Waals surface area contributed by atoms with Crippen LogP contribution in [0, 0.1) is 13.8 Å². The minimum Gasteiger partial charge on any atom is -0.0955 e. The standard InChI is InChI=1S/C10H12.C9H12.C2H6/c1-8(2)10-7-5-4-6-9(10)3;1-3-9-6-4-8(2)5-7-9;1-2/h4-7H,1H2,2-3H3;4-7H,3H2,1-2H3;1-2H3. The Balaban J connectivity index is 0.000000342. The van der Waals surface area contributed by atoms with Crippen LogP contribution in [0.2, 0.25) is 0 Å². The molecule has 0 unspecified atom stereocenters. The lowest BCUT2D eigenvalue weighted by Crippen LogP contribution is -1.81. The average molecular weight is 282 g/mol. The van der Waals surface area contributed by atoms with Gasteiger partial charge in [-0.1, -0.05) is 87.0 Å². The summed E-state index contributed by atoms with van der Waals surface area (Å²) in [6.07, 6.45) is 1.14. The van der Waals surface area contributed by atoms with Crippen LogP contribution in [0.5, 0.6) is 0 Å². The molecule has 0 nitrogen and oxygen atoms in total. The normalized spacial score (nSPS) is 8.86. The van der Waals surface area contributed by atoms with Crippen molar-refractivity contribution >= 4 is 5.57 Å². The Kier molecular flexibility index (Phi) is 9.96. The average Bonchev–Trinajstić information content (AvgIpc) is 2.51. The molecule has 0 heteroatoms. The minimum atomic E-state index is 1.14. The largest absolute Gasteiger partial charge is 0.0955 e. The summed E-state index contributed by atoms with van der Waals surface area (Å²) in [5.41, 5.74) is 6.46. The van der Waals surface area contributed by atoms with Crippen molar-refractivity contribution in [2.75, 3.05) is 0 Å². The Hall–Kier alpha value is -1.82. The van der Waals surface area contributed by atoms with Crippen LogP contribution in [0.25, 0.3) is 5.57 Å². The third kappa shape index (κ3) is 7.51. The molecule has 0 heterocycles. The molecule has 0 aliphatic heterocycles. The van der Waals surface area contributed by atoms with Gasteiger partial charge in [-0.3, -0.25) is 0 Å². The Morgan fingerprint density at radius 3 is 1.81 bits per heavy atom. The van der Waals surface area contributed by atoms with Crippen LogP contribution in [-0.4, -0.2) is 0 Å². The number of rotatable bonds is 2. The molecule has 0 radical (unpaired) electrons. The third-order valence-corrected chi connectivity index (χ3v) is 3.13. The molecule has 0 fully saturated rings. The molecule has 114 valence electrons. The van der Waals surface area contributed by atoms with Gasteiger partial charge in [0.1, 0.15) is 0 Å². The Bertz CT molecular complexity index is 518. The highest BCUT2D eigenvalue weighted by Crippen LogP contribution is 2.14. The predicted octanol–water partition coefficient (Wildman–Crippen LogP) is 6.61. The van der Waals surface area contributed by atoms with Crippen LogP contribution in [0.4, 0.5) is 0 Å². The molecule has 0 saturated heterocycles. The van der Waals surface area contributed by atoms with Gasteiger partial charge in [0.2, 0.25) is 0 Å². The molecular weight excluding hydrogens is 252 g/mol. The first kappa shape index (κ1) is 19.2. The minimum absolute atomic E-state index is 1.14. The van der Waals surface area contributed by atoms with Crippen molar-refractivity contribution in [3.05, 3.63) is 77.4 Å². The van der Waals surface area contributed by atoms with Gasteiger partial charge in [-0.05, 0) is 43.9 Å². The molecule has 0 amide bonds. The van der Waals surface area contributed by atoms with E-state index in [1.165, 1.54) is 22.3 Å². The number of aryl methyl sites for hydroxylation is 3. The number of hydrogen-bond donors (Lipinski definition) is 0. The maximum Gasteiger partial charge on any atom is -0.0204 e. The lowest BCUT2D eigenvalue weighted by Gasteiger charge is -2.02. The molecule has 0 bridgehead atoms. The van der Waals surface area contributed by atoms with E-state index in [-0.39, 0.29) is 0 Å². The predicted molar refractivity (Wildman–Crippen MR) is 97.8 cm³/mol. The highest BCUT2D eigenvalue weighted by Gasteiger charge is 1.94. The topological polar surface area (TPSA) is 0 Å². The molecule has 0 N–H and O–H groups in total. The summed E-state index contributed by atoms with van der Waals surface area (Å²) in [6.45, 7) is 16.3. The molecule has 2 aromatic carbocycles. The van der Waals surface area contributed by atoms with Gasteiger partial charge in [0.05, 0.1) is 0 Å². The SMILES string of the molecule is C=C(C)c1ccccc1C.CC.CCc1ccc(C)cc1. The van der Waals surface area contributed by atoms with E-state index in [1.807, 2.05) is 32.9 Å². The van der Waals surface area contributed by atoms with E-state index in [0.717, 1.165) is 12.0 Å². The van der Waals surface area contributed by atoms with E-state index in [4.69, 9.17) is 0 Å². The smallest absolute Gasteiger partial charge is 0.0204 e. The van der Waals surface area contributed by atoms with E-state index in [9.17, 15) is 0 Å². The van der Waals surface area contributed by atoms with E-state index >= 15 is 0 Å². The quantitative estimate of drug-likeness (QED) is 0.581. The fraction of sp³-hybridized carbons (Fsp3) is 0.333. The van der Waals surface area contributed by atoms with Gasteiger partial charge in [0, 0.05) is 0 Å². The van der Waals surface area contributed by atoms with Crippen LogP contribution < -0.4 is 0 Å². The highest BCUT2D eigenvalue weighted by molar-refractivity contribution is 5.63. The molecule has 0 aliphatic carbocycles. The third-order valence-electron chi connectivity index (χ3n) is 3.13. The van der Waals surface area contributed by atoms with Gasteiger partial charge < -0.3 is 0 Å². The molecule has 2 rings (SSSR count). The van der Waals surface area contributed by atoms with Crippen LogP contribution in [0.15, 0.2) is 55.1 Å². The maximum atomic E-state index is 3.89. The van der Waals surface area contributed by atoms with E-state index in [2.05, 4.69) is 63.7 Å². The van der Waals surface area contributed by atoms with Gasteiger partial charge in [-0.2, -0.15) is 0 Å². The summed E-state index contributed by atoms with van der Waals surface area (Å²) >= 11 is 0. The summed E-state index contributed by atoms with van der Waals surface area (Å²) in [7, 11) is 0. The van der Waals surface area contributed by atoms with Crippen LogP contribution in [0.3, 0.4) is 0 Å². The summed E-state index contributed by atoms with van der Waals surface area (Å²) in [5.74, 6) is 0. The van der Waals surface area contributed by atoms with Crippen molar-refractivity contribution in [3.8, 4) is 0 Å².